The lowest BCUT2D eigenvalue weighted by atomic mass is 9.78. The van der Waals surface area contributed by atoms with E-state index in [4.69, 9.17) is 4.98 Å². The van der Waals surface area contributed by atoms with Crippen LogP contribution in [-0.4, -0.2) is 22.0 Å². The molecule has 1 fully saturated rings. The van der Waals surface area contributed by atoms with Crippen molar-refractivity contribution in [2.45, 2.75) is 35.8 Å². The zero-order chi connectivity index (χ0) is 22.8. The Bertz CT molecular complexity index is 1330. The SMILES string of the molecule is O=C(O)[C@H]1CCCC[C@@H]1C(=O)Nc1ccc2nc(SCc3cccc4ccccc34)sc2c1. The number of fused-ring (bicyclic) bond motifs is 2. The molecule has 33 heavy (non-hydrogen) atoms. The molecule has 0 saturated heterocycles. The second kappa shape index (κ2) is 9.53. The maximum atomic E-state index is 12.8. The summed E-state index contributed by atoms with van der Waals surface area (Å²) in [6.45, 7) is 0. The number of hydrogen-bond acceptors (Lipinski definition) is 5. The van der Waals surface area contributed by atoms with Crippen molar-refractivity contribution < 1.29 is 14.7 Å². The van der Waals surface area contributed by atoms with Crippen molar-refractivity contribution in [2.24, 2.45) is 11.8 Å². The van der Waals surface area contributed by atoms with Gasteiger partial charge in [0.1, 0.15) is 0 Å². The smallest absolute Gasteiger partial charge is 0.307 e. The molecule has 5 nitrogen and oxygen atoms in total. The van der Waals surface area contributed by atoms with Crippen LogP contribution in [0, 0.1) is 11.8 Å². The van der Waals surface area contributed by atoms with E-state index in [1.807, 2.05) is 18.2 Å². The van der Waals surface area contributed by atoms with E-state index >= 15 is 0 Å². The molecule has 0 unspecified atom stereocenters. The van der Waals surface area contributed by atoms with Crippen molar-refractivity contribution >= 4 is 61.7 Å². The first-order chi connectivity index (χ1) is 16.1. The Morgan fingerprint density at radius 2 is 1.82 bits per heavy atom. The highest BCUT2D eigenvalue weighted by atomic mass is 32.2. The summed E-state index contributed by atoms with van der Waals surface area (Å²) < 4.78 is 1.99. The maximum absolute atomic E-state index is 12.8. The molecule has 1 heterocycles. The molecular formula is C26H24N2O3S2. The van der Waals surface area contributed by atoms with Crippen LogP contribution in [0.25, 0.3) is 21.0 Å². The number of nitrogens with one attached hydrogen (secondary N) is 1. The predicted octanol–water partition coefficient (Wildman–Crippen LogP) is 6.57. The van der Waals surface area contributed by atoms with E-state index in [1.54, 1.807) is 23.1 Å². The molecule has 0 radical (unpaired) electrons. The number of carbonyl (C=O) groups is 2. The molecule has 168 valence electrons. The molecule has 1 saturated carbocycles. The Hall–Kier alpha value is -2.90. The van der Waals surface area contributed by atoms with Crippen molar-refractivity contribution in [3.8, 4) is 0 Å². The monoisotopic (exact) mass is 476 g/mol. The fraction of sp³-hybridized carbons (Fsp3) is 0.269. The van der Waals surface area contributed by atoms with E-state index in [-0.39, 0.29) is 5.91 Å². The third-order valence-corrected chi connectivity index (χ3v) is 8.50. The fourth-order valence-electron chi connectivity index (χ4n) is 4.58. The van der Waals surface area contributed by atoms with E-state index in [9.17, 15) is 14.7 Å². The summed E-state index contributed by atoms with van der Waals surface area (Å²) in [6.07, 6.45) is 2.96. The van der Waals surface area contributed by atoms with Gasteiger partial charge in [-0.2, -0.15) is 0 Å². The number of anilines is 1. The largest absolute Gasteiger partial charge is 0.481 e. The summed E-state index contributed by atoms with van der Waals surface area (Å²) in [5.41, 5.74) is 2.88. The third-order valence-electron chi connectivity index (χ3n) is 6.29. The number of rotatable bonds is 6. The van der Waals surface area contributed by atoms with Gasteiger partial charge in [0.15, 0.2) is 4.34 Å². The van der Waals surface area contributed by atoms with Gasteiger partial charge in [0.05, 0.1) is 22.1 Å². The quantitative estimate of drug-likeness (QED) is 0.308. The molecule has 4 aromatic rings. The number of thiazole rings is 1. The van der Waals surface area contributed by atoms with Crippen LogP contribution in [0.1, 0.15) is 31.2 Å². The normalized spacial score (nSPS) is 18.4. The van der Waals surface area contributed by atoms with Gasteiger partial charge in [-0.05, 0) is 47.4 Å². The first-order valence-electron chi connectivity index (χ1n) is 11.1. The van der Waals surface area contributed by atoms with Crippen molar-refractivity contribution in [3.05, 3.63) is 66.2 Å². The Labute approximate surface area is 200 Å². The second-order valence-corrected chi connectivity index (χ2v) is 10.7. The molecule has 5 rings (SSSR count). The van der Waals surface area contributed by atoms with E-state index in [2.05, 4.69) is 47.8 Å². The van der Waals surface area contributed by atoms with Crippen molar-refractivity contribution in [1.82, 2.24) is 4.98 Å². The lowest BCUT2D eigenvalue weighted by Gasteiger charge is -2.27. The van der Waals surface area contributed by atoms with Crippen LogP contribution in [0.2, 0.25) is 0 Å². The van der Waals surface area contributed by atoms with Gasteiger partial charge >= 0.3 is 5.97 Å². The van der Waals surface area contributed by atoms with E-state index in [1.165, 1.54) is 16.3 Å². The third kappa shape index (κ3) is 4.75. The van der Waals surface area contributed by atoms with Crippen LogP contribution in [0.3, 0.4) is 0 Å². The van der Waals surface area contributed by atoms with Gasteiger partial charge < -0.3 is 10.4 Å². The molecule has 2 N–H and O–H groups in total. The van der Waals surface area contributed by atoms with Crippen molar-refractivity contribution in [3.63, 3.8) is 0 Å². The summed E-state index contributed by atoms with van der Waals surface area (Å²) in [5, 5.41) is 14.9. The minimum atomic E-state index is -0.874. The van der Waals surface area contributed by atoms with Crippen LogP contribution in [-0.2, 0) is 15.3 Å². The van der Waals surface area contributed by atoms with E-state index < -0.39 is 17.8 Å². The van der Waals surface area contributed by atoms with E-state index in [0.29, 0.717) is 18.5 Å². The number of nitrogens with zero attached hydrogens (tertiary/aromatic N) is 1. The first-order valence-corrected chi connectivity index (χ1v) is 12.9. The molecule has 0 spiro atoms. The first kappa shape index (κ1) is 21.9. The average Bonchev–Trinajstić information content (AvgIpc) is 3.25. The Morgan fingerprint density at radius 1 is 1.03 bits per heavy atom. The molecule has 0 aliphatic heterocycles. The van der Waals surface area contributed by atoms with Crippen LogP contribution >= 0.6 is 23.1 Å². The average molecular weight is 477 g/mol. The fourth-order valence-corrected chi connectivity index (χ4v) is 6.69. The Balaban J connectivity index is 1.29. The van der Waals surface area contributed by atoms with Crippen LogP contribution in [0.4, 0.5) is 5.69 Å². The van der Waals surface area contributed by atoms with Gasteiger partial charge in [-0.1, -0.05) is 67.1 Å². The number of aliphatic carboxylic acids is 1. The van der Waals surface area contributed by atoms with Gasteiger partial charge in [-0.3, -0.25) is 9.59 Å². The lowest BCUT2D eigenvalue weighted by Crippen LogP contribution is -2.36. The van der Waals surface area contributed by atoms with Crippen LogP contribution in [0.5, 0.6) is 0 Å². The van der Waals surface area contributed by atoms with Crippen molar-refractivity contribution in [2.75, 3.05) is 5.32 Å². The highest BCUT2D eigenvalue weighted by molar-refractivity contribution is 8.00. The zero-order valence-electron chi connectivity index (χ0n) is 18.0. The number of amides is 1. The molecule has 1 aliphatic rings. The Morgan fingerprint density at radius 3 is 2.67 bits per heavy atom. The second-order valence-electron chi connectivity index (χ2n) is 8.41. The number of benzene rings is 3. The summed E-state index contributed by atoms with van der Waals surface area (Å²) in [5.74, 6) is -1.30. The van der Waals surface area contributed by atoms with Crippen LogP contribution in [0.15, 0.2) is 65.0 Å². The molecule has 2 atom stereocenters. The number of thioether (sulfide) groups is 1. The Kier molecular flexibility index (Phi) is 6.33. The summed E-state index contributed by atoms with van der Waals surface area (Å²) in [4.78, 5) is 29.1. The van der Waals surface area contributed by atoms with Gasteiger partial charge in [0, 0.05) is 11.4 Å². The highest BCUT2D eigenvalue weighted by Crippen LogP contribution is 2.35. The number of carbonyl (C=O) groups excluding carboxylic acids is 1. The summed E-state index contributed by atoms with van der Waals surface area (Å²) in [6, 6.07) is 20.5. The molecular weight excluding hydrogens is 452 g/mol. The number of aromatic nitrogens is 1. The number of carboxylic acids is 1. The van der Waals surface area contributed by atoms with E-state index in [0.717, 1.165) is 33.2 Å². The molecule has 3 aromatic carbocycles. The van der Waals surface area contributed by atoms with Gasteiger partial charge in [-0.15, -0.1) is 11.3 Å². The minimum Gasteiger partial charge on any atom is -0.481 e. The van der Waals surface area contributed by atoms with Gasteiger partial charge in [-0.25, -0.2) is 4.98 Å². The predicted molar refractivity (Wildman–Crippen MR) is 135 cm³/mol. The number of carboxylic acid groups (broad SMARTS) is 1. The number of hydrogen-bond donors (Lipinski definition) is 2. The van der Waals surface area contributed by atoms with Gasteiger partial charge in [0.2, 0.25) is 5.91 Å². The maximum Gasteiger partial charge on any atom is 0.307 e. The lowest BCUT2D eigenvalue weighted by molar-refractivity contribution is -0.147. The molecule has 1 amide bonds. The zero-order valence-corrected chi connectivity index (χ0v) is 19.6. The molecule has 0 bridgehead atoms. The molecule has 7 heteroatoms. The van der Waals surface area contributed by atoms with Gasteiger partial charge in [0.25, 0.3) is 0 Å². The summed E-state index contributed by atoms with van der Waals surface area (Å²) in [7, 11) is 0. The minimum absolute atomic E-state index is 0.198. The molecule has 1 aromatic heterocycles. The summed E-state index contributed by atoms with van der Waals surface area (Å²) >= 11 is 3.33. The topological polar surface area (TPSA) is 79.3 Å². The molecule has 1 aliphatic carbocycles. The standard InChI is InChI=1S/C26H24N2O3S2/c29-24(20-10-3-4-11-21(20)25(30)31)27-18-12-13-22-23(14-18)33-26(28-22)32-15-17-8-5-7-16-6-1-2-9-19(16)17/h1-2,5-9,12-14,20-21H,3-4,10-11,15H2,(H,27,29)(H,30,31)/t20-,21-/m0/s1. The van der Waals surface area contributed by atoms with Crippen molar-refractivity contribution in [1.29, 1.82) is 0 Å². The highest BCUT2D eigenvalue weighted by Gasteiger charge is 2.35. The van der Waals surface area contributed by atoms with Crippen LogP contribution < -0.4 is 5.32 Å².